The minimum absolute atomic E-state index is 0.0387. The summed E-state index contributed by atoms with van der Waals surface area (Å²) < 4.78 is 0. The predicted octanol–water partition coefficient (Wildman–Crippen LogP) is 0.949. The van der Waals surface area contributed by atoms with Gasteiger partial charge in [0.05, 0.1) is 19.1 Å². The van der Waals surface area contributed by atoms with Crippen molar-refractivity contribution in [3.8, 4) is 0 Å². The number of piperazine rings is 1. The molecule has 0 unspecified atom stereocenters. The monoisotopic (exact) mass is 295 g/mol. The zero-order valence-corrected chi connectivity index (χ0v) is 12.1. The van der Waals surface area contributed by atoms with E-state index in [-0.39, 0.29) is 30.9 Å². The van der Waals surface area contributed by atoms with Crippen LogP contribution in [0, 0.1) is 0 Å². The third-order valence-electron chi connectivity index (χ3n) is 3.23. The molecule has 1 fully saturated rings. The van der Waals surface area contributed by atoms with E-state index in [0.29, 0.717) is 18.1 Å². The Morgan fingerprint density at radius 2 is 2.25 bits per heavy atom. The van der Waals surface area contributed by atoms with E-state index in [9.17, 15) is 9.59 Å². The van der Waals surface area contributed by atoms with E-state index in [0.717, 1.165) is 5.56 Å². The normalized spacial score (nSPS) is 17.4. The average molecular weight is 296 g/mol. The van der Waals surface area contributed by atoms with E-state index < -0.39 is 0 Å². The molecule has 0 aromatic heterocycles. The van der Waals surface area contributed by atoms with Crippen LogP contribution in [0.4, 0.5) is 0 Å². The molecule has 1 aliphatic rings. The summed E-state index contributed by atoms with van der Waals surface area (Å²) >= 11 is 6.10. The van der Waals surface area contributed by atoms with Gasteiger partial charge in [0.15, 0.2) is 0 Å². The molecular weight excluding hydrogens is 278 g/mol. The Bertz CT molecular complexity index is 507. The van der Waals surface area contributed by atoms with Gasteiger partial charge in [-0.05, 0) is 18.6 Å². The zero-order chi connectivity index (χ0) is 14.5. The van der Waals surface area contributed by atoms with Crippen molar-refractivity contribution in [1.82, 2.24) is 15.5 Å². The number of nitrogens with zero attached hydrogens (tertiary/aromatic N) is 1. The van der Waals surface area contributed by atoms with Crippen molar-refractivity contribution in [3.05, 3.63) is 34.9 Å². The van der Waals surface area contributed by atoms with Gasteiger partial charge in [0, 0.05) is 18.1 Å². The van der Waals surface area contributed by atoms with Crippen LogP contribution in [-0.2, 0) is 9.59 Å². The van der Waals surface area contributed by atoms with E-state index >= 15 is 0 Å². The van der Waals surface area contributed by atoms with Gasteiger partial charge in [-0.2, -0.15) is 0 Å². The number of halogens is 1. The molecule has 0 bridgehead atoms. The van der Waals surface area contributed by atoms with Crippen molar-refractivity contribution >= 4 is 23.4 Å². The Balaban J connectivity index is 1.88. The van der Waals surface area contributed by atoms with Crippen molar-refractivity contribution in [2.24, 2.45) is 0 Å². The van der Waals surface area contributed by atoms with Crippen LogP contribution in [0.5, 0.6) is 0 Å². The molecule has 6 heteroatoms. The quantitative estimate of drug-likeness (QED) is 0.869. The van der Waals surface area contributed by atoms with Gasteiger partial charge in [0.2, 0.25) is 11.8 Å². The number of hydrogen-bond donors (Lipinski definition) is 2. The first-order chi connectivity index (χ1) is 9.56. The summed E-state index contributed by atoms with van der Waals surface area (Å²) in [6.07, 6.45) is 0. The number of hydrogen-bond acceptors (Lipinski definition) is 3. The lowest BCUT2D eigenvalue weighted by Crippen LogP contribution is -2.50. The summed E-state index contributed by atoms with van der Waals surface area (Å²) in [6.45, 7) is 3.67. The van der Waals surface area contributed by atoms with E-state index in [1.54, 1.807) is 6.07 Å². The maximum Gasteiger partial charge on any atom is 0.234 e. The first-order valence-corrected chi connectivity index (χ1v) is 6.97. The summed E-state index contributed by atoms with van der Waals surface area (Å²) in [5.41, 5.74) is 0.888. The number of amides is 2. The summed E-state index contributed by atoms with van der Waals surface area (Å²) in [4.78, 5) is 25.1. The molecule has 2 rings (SSSR count). The standard InChI is InChI=1S/C14H18ClN3O2/c1-10(11-4-2-3-5-12(11)15)17-14(20)9-18-7-6-16-13(19)8-18/h2-5,10H,6-9H2,1H3,(H,16,19)(H,17,20)/t10-/m0/s1. The Labute approximate surface area is 123 Å². The van der Waals surface area contributed by atoms with Gasteiger partial charge < -0.3 is 10.6 Å². The largest absolute Gasteiger partial charge is 0.354 e. The number of rotatable bonds is 4. The molecule has 1 atom stereocenters. The van der Waals surface area contributed by atoms with Gasteiger partial charge in [-0.25, -0.2) is 0 Å². The lowest BCUT2D eigenvalue weighted by atomic mass is 10.1. The van der Waals surface area contributed by atoms with Crippen molar-refractivity contribution in [2.75, 3.05) is 26.2 Å². The summed E-state index contributed by atoms with van der Waals surface area (Å²) in [7, 11) is 0. The van der Waals surface area contributed by atoms with Gasteiger partial charge in [0.25, 0.3) is 0 Å². The molecule has 20 heavy (non-hydrogen) atoms. The highest BCUT2D eigenvalue weighted by atomic mass is 35.5. The topological polar surface area (TPSA) is 61.4 Å². The lowest BCUT2D eigenvalue weighted by molar-refractivity contribution is -0.127. The molecule has 1 aromatic carbocycles. The van der Waals surface area contributed by atoms with Crippen molar-refractivity contribution in [3.63, 3.8) is 0 Å². The maximum absolute atomic E-state index is 12.0. The summed E-state index contributed by atoms with van der Waals surface area (Å²) in [5, 5.41) is 6.27. The van der Waals surface area contributed by atoms with Crippen LogP contribution < -0.4 is 10.6 Å². The van der Waals surface area contributed by atoms with Crippen LogP contribution >= 0.6 is 11.6 Å². The fraction of sp³-hybridized carbons (Fsp3) is 0.429. The molecule has 1 aromatic rings. The molecule has 0 saturated carbocycles. The fourth-order valence-corrected chi connectivity index (χ4v) is 2.52. The molecule has 1 heterocycles. The minimum atomic E-state index is -0.158. The molecule has 2 amide bonds. The molecule has 0 aliphatic carbocycles. The first kappa shape index (κ1) is 14.8. The molecule has 2 N–H and O–H groups in total. The SMILES string of the molecule is C[C@H](NC(=O)CN1CCNC(=O)C1)c1ccccc1Cl. The van der Waals surface area contributed by atoms with Crippen LogP contribution in [0.1, 0.15) is 18.5 Å². The van der Waals surface area contributed by atoms with Crippen LogP contribution in [0.2, 0.25) is 5.02 Å². The second-order valence-electron chi connectivity index (χ2n) is 4.87. The number of carbonyl (C=O) groups is 2. The van der Waals surface area contributed by atoms with Crippen molar-refractivity contribution in [2.45, 2.75) is 13.0 Å². The lowest BCUT2D eigenvalue weighted by Gasteiger charge is -2.26. The third-order valence-corrected chi connectivity index (χ3v) is 3.58. The predicted molar refractivity (Wildman–Crippen MR) is 77.5 cm³/mol. The van der Waals surface area contributed by atoms with Crippen molar-refractivity contribution < 1.29 is 9.59 Å². The van der Waals surface area contributed by atoms with Crippen LogP contribution in [0.25, 0.3) is 0 Å². The third kappa shape index (κ3) is 3.95. The Kier molecular flexibility index (Phi) is 4.98. The van der Waals surface area contributed by atoms with Crippen molar-refractivity contribution in [1.29, 1.82) is 0 Å². The first-order valence-electron chi connectivity index (χ1n) is 6.59. The summed E-state index contributed by atoms with van der Waals surface area (Å²) in [5.74, 6) is -0.143. The Morgan fingerprint density at radius 1 is 1.50 bits per heavy atom. The van der Waals surface area contributed by atoms with E-state index in [4.69, 9.17) is 11.6 Å². The second-order valence-corrected chi connectivity index (χ2v) is 5.28. The van der Waals surface area contributed by atoms with Gasteiger partial charge in [-0.1, -0.05) is 29.8 Å². The van der Waals surface area contributed by atoms with E-state index in [1.807, 2.05) is 30.0 Å². The van der Waals surface area contributed by atoms with Gasteiger partial charge in [-0.3, -0.25) is 14.5 Å². The number of nitrogens with one attached hydrogen (secondary N) is 2. The highest BCUT2D eigenvalue weighted by Crippen LogP contribution is 2.21. The van der Waals surface area contributed by atoms with E-state index in [1.165, 1.54) is 0 Å². The molecular formula is C14H18ClN3O2. The molecule has 0 radical (unpaired) electrons. The van der Waals surface area contributed by atoms with Crippen LogP contribution in [0.3, 0.4) is 0 Å². The van der Waals surface area contributed by atoms with E-state index in [2.05, 4.69) is 10.6 Å². The van der Waals surface area contributed by atoms with Crippen LogP contribution in [-0.4, -0.2) is 42.9 Å². The smallest absolute Gasteiger partial charge is 0.234 e. The molecule has 5 nitrogen and oxygen atoms in total. The van der Waals surface area contributed by atoms with Crippen LogP contribution in [0.15, 0.2) is 24.3 Å². The molecule has 1 aliphatic heterocycles. The average Bonchev–Trinajstić information content (AvgIpc) is 2.38. The molecule has 108 valence electrons. The van der Waals surface area contributed by atoms with Gasteiger partial charge in [-0.15, -0.1) is 0 Å². The fourth-order valence-electron chi connectivity index (χ4n) is 2.22. The second kappa shape index (κ2) is 6.72. The molecule has 1 saturated heterocycles. The van der Waals surface area contributed by atoms with Gasteiger partial charge >= 0.3 is 0 Å². The molecule has 0 spiro atoms. The number of benzene rings is 1. The maximum atomic E-state index is 12.0. The highest BCUT2D eigenvalue weighted by molar-refractivity contribution is 6.31. The minimum Gasteiger partial charge on any atom is -0.354 e. The number of carbonyl (C=O) groups excluding carboxylic acids is 2. The van der Waals surface area contributed by atoms with Gasteiger partial charge in [0.1, 0.15) is 0 Å². The highest BCUT2D eigenvalue weighted by Gasteiger charge is 2.19. The Hall–Kier alpha value is -1.59. The summed E-state index contributed by atoms with van der Waals surface area (Å²) in [6, 6.07) is 7.27. The Morgan fingerprint density at radius 3 is 2.95 bits per heavy atom. The zero-order valence-electron chi connectivity index (χ0n) is 11.4.